The molecule has 0 aromatic rings. The Bertz CT molecular complexity index is 3860. The Morgan fingerprint density at radius 1 is 0.375 bits per heavy atom. The van der Waals surface area contributed by atoms with Crippen molar-refractivity contribution in [3.63, 3.8) is 0 Å². The van der Waals surface area contributed by atoms with Gasteiger partial charge in [0.1, 0.15) is 60.4 Å². The molecule has 12 fully saturated rings. The third kappa shape index (κ3) is 10.8. The van der Waals surface area contributed by atoms with Crippen LogP contribution in [0.4, 0.5) is 0 Å². The summed E-state index contributed by atoms with van der Waals surface area (Å²) in [5, 5.41) is 104. The van der Waals surface area contributed by atoms with Crippen molar-refractivity contribution in [3.8, 4) is 0 Å². The van der Waals surface area contributed by atoms with Gasteiger partial charge >= 0.3 is 0 Å². The van der Waals surface area contributed by atoms with Crippen molar-refractivity contribution in [2.75, 3.05) is 26.4 Å². The van der Waals surface area contributed by atoms with E-state index in [-0.39, 0.29) is 135 Å². The number of hydrogen-bond acceptors (Lipinski definition) is 20. The van der Waals surface area contributed by atoms with Gasteiger partial charge in [-0.1, -0.05) is 89.8 Å². The molecule has 0 aromatic carbocycles. The predicted octanol–water partition coefficient (Wildman–Crippen LogP) is 7.09. The second-order valence-electron chi connectivity index (χ2n) is 37.1. The van der Waals surface area contributed by atoms with E-state index in [1.165, 1.54) is 5.57 Å². The standard InChI is InChI=1S/C21H30O5.2C21H28O5.C21H26O5/c4*1-19-7-5-13(23)9-12(19)3-4-14-15-6-8-21(26,17(25)11-22)20(15,2)10-16(24)18(14)19/h9,14-16,18,22,24,26H,3-8,10-11H2,1-2H3;9,14-15,18,22,26H,3-8,10-11H2,1-2H3;5,7,9,14-16,18,22,24,26H,3-4,6,8,10-11H2,1-2H3;5,7,9,14-15,18,22,26H,3-4,6,8,10-11H2,1-2H3/t14?,15?,16-,18?,19-,20-,21-;14?,15?,18?,19-,20-,21-;14?,15?,16-,18?,19-,20-,21-;14?,15?,18?,19-,20-,21-/m0000/s1. The van der Waals surface area contributed by atoms with Gasteiger partial charge in [0.2, 0.25) is 0 Å². The summed E-state index contributed by atoms with van der Waals surface area (Å²) in [6, 6.07) is 0. The Kier molecular flexibility index (Phi) is 19.4. The quantitative estimate of drug-likeness (QED) is 0.116. The van der Waals surface area contributed by atoms with Gasteiger partial charge in [-0.2, -0.15) is 0 Å². The van der Waals surface area contributed by atoms with Gasteiger partial charge in [0.25, 0.3) is 0 Å². The van der Waals surface area contributed by atoms with Gasteiger partial charge < -0.3 is 51.1 Å². The molecule has 10 N–H and O–H groups in total. The van der Waals surface area contributed by atoms with Gasteiger partial charge in [0.15, 0.2) is 46.3 Å². The summed E-state index contributed by atoms with van der Waals surface area (Å²) in [6.07, 6.45) is 27.1. The molecule has 16 aliphatic rings. The second-order valence-corrected chi connectivity index (χ2v) is 37.1. The fourth-order valence-corrected chi connectivity index (χ4v) is 27.8. The zero-order valence-corrected chi connectivity index (χ0v) is 62.1. The number of carbonyl (C=O) groups is 10. The Morgan fingerprint density at radius 3 is 1.13 bits per heavy atom. The molecule has 12 unspecified atom stereocenters. The summed E-state index contributed by atoms with van der Waals surface area (Å²) in [4.78, 5) is 123. The minimum Gasteiger partial charge on any atom is -0.393 e. The number of allylic oxidation sites excluding steroid dienone is 10. The summed E-state index contributed by atoms with van der Waals surface area (Å²) in [5.41, 5.74) is -6.19. The lowest BCUT2D eigenvalue weighted by molar-refractivity contribution is -0.182. The van der Waals surface area contributed by atoms with E-state index in [1.807, 2.05) is 46.8 Å². The molecule has 0 radical (unpaired) electrons. The molecule has 16 rings (SSSR count). The van der Waals surface area contributed by atoms with Crippen LogP contribution >= 0.6 is 0 Å². The number of aliphatic hydroxyl groups is 10. The summed E-state index contributed by atoms with van der Waals surface area (Å²) in [7, 11) is 0. The van der Waals surface area contributed by atoms with Crippen LogP contribution in [0.2, 0.25) is 0 Å². The average Bonchev–Trinajstić information content (AvgIpc) is 1.43. The van der Waals surface area contributed by atoms with Crippen molar-refractivity contribution in [2.45, 2.75) is 244 Å². The fourth-order valence-electron chi connectivity index (χ4n) is 27.8. The van der Waals surface area contributed by atoms with Crippen molar-refractivity contribution < 1.29 is 99.0 Å². The summed E-state index contributed by atoms with van der Waals surface area (Å²) in [6.45, 7) is 13.3. The molecular formula is C84H112O20. The van der Waals surface area contributed by atoms with Crippen LogP contribution in [-0.2, 0) is 47.9 Å². The first-order valence-electron chi connectivity index (χ1n) is 38.9. The molecule has 20 heteroatoms. The van der Waals surface area contributed by atoms with E-state index in [0.717, 1.165) is 87.3 Å². The molecule has 16 aliphatic carbocycles. The van der Waals surface area contributed by atoms with E-state index in [0.29, 0.717) is 70.6 Å². The van der Waals surface area contributed by atoms with Crippen molar-refractivity contribution in [1.29, 1.82) is 0 Å². The molecule has 0 bridgehead atoms. The highest BCUT2D eigenvalue weighted by Gasteiger charge is 2.73. The molecule has 104 heavy (non-hydrogen) atoms. The van der Waals surface area contributed by atoms with E-state index >= 15 is 0 Å². The Morgan fingerprint density at radius 2 is 0.702 bits per heavy atom. The molecule has 568 valence electrons. The number of hydrogen-bond donors (Lipinski definition) is 10. The van der Waals surface area contributed by atoms with Gasteiger partial charge in [0, 0.05) is 75.9 Å². The first-order chi connectivity index (χ1) is 48.7. The number of aliphatic hydroxyl groups excluding tert-OH is 6. The number of rotatable bonds is 8. The zero-order valence-electron chi connectivity index (χ0n) is 62.1. The van der Waals surface area contributed by atoms with Gasteiger partial charge in [-0.25, -0.2) is 0 Å². The lowest BCUT2D eigenvalue weighted by atomic mass is 9.45. The summed E-state index contributed by atoms with van der Waals surface area (Å²) in [5.74, 6) is -0.849. The van der Waals surface area contributed by atoms with E-state index in [2.05, 4.69) is 20.8 Å². The first-order valence-corrected chi connectivity index (χ1v) is 38.9. The lowest BCUT2D eigenvalue weighted by Gasteiger charge is -2.60. The van der Waals surface area contributed by atoms with Crippen molar-refractivity contribution in [2.24, 2.45) is 114 Å². The number of carbonyl (C=O) groups excluding carboxylic acids is 10. The molecule has 0 saturated heterocycles. The maximum absolute atomic E-state index is 13.3. The molecular weight excluding hydrogens is 1330 g/mol. The normalized spacial score (nSPS) is 48.8. The van der Waals surface area contributed by atoms with Crippen LogP contribution in [0.1, 0.15) is 209 Å². The van der Waals surface area contributed by atoms with Crippen LogP contribution in [0.3, 0.4) is 0 Å². The Labute approximate surface area is 609 Å². The van der Waals surface area contributed by atoms with E-state index < -0.39 is 111 Å². The summed E-state index contributed by atoms with van der Waals surface area (Å²) >= 11 is 0. The van der Waals surface area contributed by atoms with Crippen LogP contribution in [0.15, 0.2) is 70.9 Å². The van der Waals surface area contributed by atoms with Crippen molar-refractivity contribution in [1.82, 2.24) is 0 Å². The number of Topliss-reactive ketones (excluding diaryl/α,β-unsaturated/α-hetero) is 6. The molecule has 0 spiro atoms. The maximum atomic E-state index is 13.3. The van der Waals surface area contributed by atoms with E-state index in [4.69, 9.17) is 0 Å². The zero-order chi connectivity index (χ0) is 75.6. The highest BCUT2D eigenvalue weighted by atomic mass is 16.3. The molecule has 0 aromatic heterocycles. The van der Waals surface area contributed by atoms with E-state index in [1.54, 1.807) is 36.5 Å². The molecule has 26 atom stereocenters. The molecule has 0 aliphatic heterocycles. The molecule has 20 nitrogen and oxygen atoms in total. The number of ketones is 10. The largest absolute Gasteiger partial charge is 0.393 e. The second kappa shape index (κ2) is 26.2. The van der Waals surface area contributed by atoms with Crippen LogP contribution in [0.25, 0.3) is 0 Å². The van der Waals surface area contributed by atoms with Crippen molar-refractivity contribution >= 4 is 57.8 Å². The first kappa shape index (κ1) is 76.9. The predicted molar refractivity (Wildman–Crippen MR) is 378 cm³/mol. The topological polar surface area (TPSA) is 373 Å². The highest BCUT2D eigenvalue weighted by molar-refractivity contribution is 6.03. The maximum Gasteiger partial charge on any atom is 0.190 e. The Hall–Kier alpha value is -5.26. The monoisotopic (exact) mass is 1440 g/mol. The molecule has 0 amide bonds. The highest BCUT2D eigenvalue weighted by Crippen LogP contribution is 2.72. The molecule has 0 heterocycles. The van der Waals surface area contributed by atoms with E-state index in [9.17, 15) is 99.0 Å². The molecule has 12 saturated carbocycles. The minimum absolute atomic E-state index is 0.00912. The van der Waals surface area contributed by atoms with Gasteiger partial charge in [-0.15, -0.1) is 0 Å². The smallest absolute Gasteiger partial charge is 0.190 e. The van der Waals surface area contributed by atoms with Crippen LogP contribution < -0.4 is 0 Å². The van der Waals surface area contributed by atoms with Crippen LogP contribution in [-0.4, -0.2) is 170 Å². The van der Waals surface area contributed by atoms with Gasteiger partial charge in [-0.3, -0.25) is 47.9 Å². The van der Waals surface area contributed by atoms with Crippen LogP contribution in [0.5, 0.6) is 0 Å². The van der Waals surface area contributed by atoms with Crippen molar-refractivity contribution in [3.05, 3.63) is 70.9 Å². The van der Waals surface area contributed by atoms with Gasteiger partial charge in [-0.05, 0) is 229 Å². The average molecular weight is 1440 g/mol. The lowest BCUT2D eigenvalue weighted by Crippen LogP contribution is -2.62. The SMILES string of the molecule is C[C@]12C=CC(=O)C=C1CCC1C2C(=O)C[C@@]2(C)C1CC[C@]2(O)C(=O)CO.C[C@]12C=CC(=O)C=C1CCC1C2[C@@H](O)C[C@@]2(C)C1CC[C@]2(O)C(=O)CO.C[C@]12CCC(=O)C=C1CCC1C2C(=O)C[C@@]2(C)C1CC[C@]2(O)C(=O)CO.C[C@]12CCC(=O)C=C1CCC1C2[C@@H](O)C[C@@]2(C)C1CC[C@]2(O)C(=O)CO. The minimum atomic E-state index is -1.62. The fraction of sp³-hybridized carbons (Fsp3) is 0.738. The Balaban J connectivity index is 0.000000123. The third-order valence-corrected chi connectivity index (χ3v) is 33.3. The number of fused-ring (bicyclic) bond motifs is 20. The summed E-state index contributed by atoms with van der Waals surface area (Å²) < 4.78 is 0. The third-order valence-electron chi connectivity index (χ3n) is 33.3. The van der Waals surface area contributed by atoms with Gasteiger partial charge in [0.05, 0.1) is 12.2 Å². The van der Waals surface area contributed by atoms with Crippen LogP contribution in [0, 0.1) is 114 Å².